The predicted octanol–water partition coefficient (Wildman–Crippen LogP) is 2.94. The third kappa shape index (κ3) is 5.24. The second-order valence-electron chi connectivity index (χ2n) is 5.45. The molecular weight excluding hydrogens is 320 g/mol. The molecule has 132 valence electrons. The molecule has 0 fully saturated rings. The number of phenols is 1. The highest BCUT2D eigenvalue weighted by Crippen LogP contribution is 2.28. The average Bonchev–Trinajstić information content (AvgIpc) is 2.59. The molecule has 2 aromatic carbocycles. The minimum atomic E-state index is -0.394. The molecule has 2 N–H and O–H groups in total. The van der Waals surface area contributed by atoms with Crippen molar-refractivity contribution in [1.82, 2.24) is 5.43 Å². The number of hydrazone groups is 1. The van der Waals surface area contributed by atoms with E-state index in [9.17, 15) is 9.90 Å². The highest BCUT2D eigenvalue weighted by molar-refractivity contribution is 5.86. The first-order valence-electron chi connectivity index (χ1n) is 7.98. The number of phenolic OH excluding ortho intramolecular Hbond substituents is 1. The van der Waals surface area contributed by atoms with Crippen molar-refractivity contribution in [3.63, 3.8) is 0 Å². The number of carbonyl (C=O) groups is 1. The first-order chi connectivity index (χ1) is 12.0. The van der Waals surface area contributed by atoms with Crippen LogP contribution in [0.3, 0.4) is 0 Å². The zero-order chi connectivity index (χ0) is 18.2. The first kappa shape index (κ1) is 18.3. The minimum Gasteiger partial charge on any atom is -0.504 e. The largest absolute Gasteiger partial charge is 0.504 e. The number of para-hydroxylation sites is 1. The maximum absolute atomic E-state index is 11.8. The normalized spacial score (nSPS) is 10.7. The molecule has 0 aliphatic carbocycles. The third-order valence-electron chi connectivity index (χ3n) is 3.57. The molecule has 0 spiro atoms. The van der Waals surface area contributed by atoms with Gasteiger partial charge in [0.15, 0.2) is 18.1 Å². The Bertz CT molecular complexity index is 772. The second-order valence-corrected chi connectivity index (χ2v) is 5.45. The number of nitrogens with zero attached hydrogens (tertiary/aromatic N) is 1. The van der Waals surface area contributed by atoms with Gasteiger partial charge >= 0.3 is 0 Å². The molecule has 1 amide bonds. The number of aromatic hydroxyl groups is 1. The molecule has 2 aromatic rings. The van der Waals surface area contributed by atoms with E-state index in [1.807, 2.05) is 39.0 Å². The van der Waals surface area contributed by atoms with E-state index in [2.05, 4.69) is 10.5 Å². The Balaban J connectivity index is 1.88. The smallest absolute Gasteiger partial charge is 0.277 e. The minimum absolute atomic E-state index is 0.0197. The molecule has 0 aliphatic heterocycles. The van der Waals surface area contributed by atoms with Crippen LogP contribution >= 0.6 is 0 Å². The van der Waals surface area contributed by atoms with Crippen LogP contribution in [0.1, 0.15) is 23.6 Å². The first-order valence-corrected chi connectivity index (χ1v) is 7.98. The Morgan fingerprint density at radius 3 is 2.72 bits per heavy atom. The van der Waals surface area contributed by atoms with Gasteiger partial charge in [-0.2, -0.15) is 5.10 Å². The Kier molecular flexibility index (Phi) is 6.39. The van der Waals surface area contributed by atoms with E-state index in [-0.39, 0.29) is 12.4 Å². The molecule has 25 heavy (non-hydrogen) atoms. The molecule has 0 saturated heterocycles. The zero-order valence-corrected chi connectivity index (χ0v) is 14.6. The molecule has 0 aliphatic rings. The third-order valence-corrected chi connectivity index (χ3v) is 3.57. The molecular formula is C19H22N2O4. The van der Waals surface area contributed by atoms with Crippen molar-refractivity contribution >= 4 is 12.1 Å². The van der Waals surface area contributed by atoms with Gasteiger partial charge in [0.05, 0.1) is 12.8 Å². The maximum Gasteiger partial charge on any atom is 0.277 e. The molecule has 0 atom stereocenters. The summed E-state index contributed by atoms with van der Waals surface area (Å²) in [5.41, 5.74) is 5.07. The van der Waals surface area contributed by atoms with Gasteiger partial charge in [-0.25, -0.2) is 5.43 Å². The molecule has 0 unspecified atom stereocenters. The molecule has 2 rings (SSSR count). The standard InChI is InChI=1S/C19H22N2O4/c1-4-24-17-7-5-6-15(19(17)23)11-20-21-18(22)12-25-16-9-8-13(2)14(3)10-16/h5-11,23H,4,12H2,1-3H3,(H,21,22)/b20-11-. The number of amides is 1. The summed E-state index contributed by atoms with van der Waals surface area (Å²) in [5.74, 6) is 0.587. The number of hydrogen-bond acceptors (Lipinski definition) is 5. The van der Waals surface area contributed by atoms with Crippen molar-refractivity contribution in [2.75, 3.05) is 13.2 Å². The summed E-state index contributed by atoms with van der Waals surface area (Å²) in [6.07, 6.45) is 1.35. The van der Waals surface area contributed by atoms with Crippen molar-refractivity contribution < 1.29 is 19.4 Å². The topological polar surface area (TPSA) is 80.2 Å². The van der Waals surface area contributed by atoms with Gasteiger partial charge in [-0.15, -0.1) is 0 Å². The Morgan fingerprint density at radius 1 is 1.20 bits per heavy atom. The van der Waals surface area contributed by atoms with Crippen LogP contribution in [0.25, 0.3) is 0 Å². The lowest BCUT2D eigenvalue weighted by atomic mass is 10.1. The quantitative estimate of drug-likeness (QED) is 0.599. The van der Waals surface area contributed by atoms with Gasteiger partial charge in [0, 0.05) is 5.56 Å². The zero-order valence-electron chi connectivity index (χ0n) is 14.6. The highest BCUT2D eigenvalue weighted by atomic mass is 16.5. The van der Waals surface area contributed by atoms with Crippen LogP contribution in [0, 0.1) is 13.8 Å². The number of benzene rings is 2. The molecule has 0 radical (unpaired) electrons. The van der Waals surface area contributed by atoms with Crippen molar-refractivity contribution in [2.24, 2.45) is 5.10 Å². The summed E-state index contributed by atoms with van der Waals surface area (Å²) in [7, 11) is 0. The molecule has 6 heteroatoms. The van der Waals surface area contributed by atoms with Crippen molar-refractivity contribution in [3.8, 4) is 17.2 Å². The van der Waals surface area contributed by atoms with Crippen LogP contribution in [0.4, 0.5) is 0 Å². The van der Waals surface area contributed by atoms with Crippen LogP contribution in [0.5, 0.6) is 17.2 Å². The van der Waals surface area contributed by atoms with Gasteiger partial charge in [0.25, 0.3) is 5.91 Å². The summed E-state index contributed by atoms with van der Waals surface area (Å²) in [5, 5.41) is 13.9. The lowest BCUT2D eigenvalue weighted by Crippen LogP contribution is -2.24. The van der Waals surface area contributed by atoms with E-state index in [0.29, 0.717) is 23.7 Å². The monoisotopic (exact) mass is 342 g/mol. The summed E-state index contributed by atoms with van der Waals surface area (Å²) < 4.78 is 10.7. The van der Waals surface area contributed by atoms with E-state index in [4.69, 9.17) is 9.47 Å². The lowest BCUT2D eigenvalue weighted by molar-refractivity contribution is -0.123. The molecule has 0 saturated carbocycles. The van der Waals surface area contributed by atoms with Crippen LogP contribution in [-0.4, -0.2) is 30.4 Å². The Labute approximate surface area is 147 Å². The maximum atomic E-state index is 11.8. The Morgan fingerprint density at radius 2 is 2.00 bits per heavy atom. The van der Waals surface area contributed by atoms with Crippen molar-refractivity contribution in [2.45, 2.75) is 20.8 Å². The van der Waals surface area contributed by atoms with Gasteiger partial charge in [-0.05, 0) is 56.2 Å². The summed E-state index contributed by atoms with van der Waals surface area (Å²) in [6, 6.07) is 10.7. The van der Waals surface area contributed by atoms with Crippen molar-refractivity contribution in [1.29, 1.82) is 0 Å². The second kappa shape index (κ2) is 8.73. The summed E-state index contributed by atoms with van der Waals surface area (Å²) >= 11 is 0. The summed E-state index contributed by atoms with van der Waals surface area (Å²) in [6.45, 7) is 6.12. The SMILES string of the molecule is CCOc1cccc(/C=N\NC(=O)COc2ccc(C)c(C)c2)c1O. The van der Waals surface area contributed by atoms with Gasteiger partial charge in [0.1, 0.15) is 5.75 Å². The fourth-order valence-corrected chi connectivity index (χ4v) is 2.07. The molecule has 0 heterocycles. The Hall–Kier alpha value is -3.02. The van der Waals surface area contributed by atoms with Crippen LogP contribution in [-0.2, 0) is 4.79 Å². The van der Waals surface area contributed by atoms with Gasteiger partial charge in [-0.1, -0.05) is 12.1 Å². The number of carbonyl (C=O) groups excluding carboxylic acids is 1. The predicted molar refractivity (Wildman–Crippen MR) is 96.4 cm³/mol. The number of hydrogen-bond donors (Lipinski definition) is 2. The van der Waals surface area contributed by atoms with E-state index < -0.39 is 5.91 Å². The number of aryl methyl sites for hydroxylation is 2. The van der Waals surface area contributed by atoms with E-state index >= 15 is 0 Å². The molecule has 6 nitrogen and oxygen atoms in total. The fraction of sp³-hybridized carbons (Fsp3) is 0.263. The van der Waals surface area contributed by atoms with E-state index in [1.54, 1.807) is 18.2 Å². The van der Waals surface area contributed by atoms with Crippen LogP contribution in [0.15, 0.2) is 41.5 Å². The lowest BCUT2D eigenvalue weighted by Gasteiger charge is -2.08. The number of rotatable bonds is 7. The molecule has 0 bridgehead atoms. The van der Waals surface area contributed by atoms with Gasteiger partial charge < -0.3 is 14.6 Å². The average molecular weight is 342 g/mol. The van der Waals surface area contributed by atoms with E-state index in [1.165, 1.54) is 6.21 Å². The summed E-state index contributed by atoms with van der Waals surface area (Å²) in [4.78, 5) is 11.8. The van der Waals surface area contributed by atoms with Crippen LogP contribution in [0.2, 0.25) is 0 Å². The number of ether oxygens (including phenoxy) is 2. The van der Waals surface area contributed by atoms with Gasteiger partial charge in [0.2, 0.25) is 0 Å². The van der Waals surface area contributed by atoms with Gasteiger partial charge in [-0.3, -0.25) is 4.79 Å². The molecule has 0 aromatic heterocycles. The fourth-order valence-electron chi connectivity index (χ4n) is 2.07. The van der Waals surface area contributed by atoms with Crippen LogP contribution < -0.4 is 14.9 Å². The van der Waals surface area contributed by atoms with E-state index in [0.717, 1.165) is 11.1 Å². The highest BCUT2D eigenvalue weighted by Gasteiger charge is 2.06. The number of nitrogens with one attached hydrogen (secondary N) is 1. The van der Waals surface area contributed by atoms with Crippen molar-refractivity contribution in [3.05, 3.63) is 53.1 Å².